The summed E-state index contributed by atoms with van der Waals surface area (Å²) in [4.78, 5) is 9.77. The van der Waals surface area contributed by atoms with Crippen LogP contribution in [0.1, 0.15) is 38.4 Å². The SMILES string of the molecule is CCNC(=NCC1CCN(CCOC)CC1)N1CC(C)OC(c2ccc(F)cc2)C1.I. The number of piperidine rings is 1. The summed E-state index contributed by atoms with van der Waals surface area (Å²) < 4.78 is 24.6. The molecule has 3 rings (SSSR count). The van der Waals surface area contributed by atoms with Crippen molar-refractivity contribution in [2.24, 2.45) is 10.9 Å². The second kappa shape index (κ2) is 13.5. The highest BCUT2D eigenvalue weighted by atomic mass is 127. The van der Waals surface area contributed by atoms with Crippen LogP contribution in [0.4, 0.5) is 4.39 Å². The van der Waals surface area contributed by atoms with Gasteiger partial charge in [-0.2, -0.15) is 0 Å². The zero-order valence-corrected chi connectivity index (χ0v) is 21.4. The number of aliphatic imine (C=N–C) groups is 1. The number of methoxy groups -OCH3 is 1. The summed E-state index contributed by atoms with van der Waals surface area (Å²) in [6.07, 6.45) is 2.37. The molecule has 2 unspecified atom stereocenters. The molecule has 0 spiro atoms. The predicted octanol–water partition coefficient (Wildman–Crippen LogP) is 3.53. The van der Waals surface area contributed by atoms with E-state index in [1.165, 1.54) is 25.0 Å². The lowest BCUT2D eigenvalue weighted by molar-refractivity contribution is -0.0605. The Morgan fingerprint density at radius 2 is 1.94 bits per heavy atom. The van der Waals surface area contributed by atoms with E-state index in [0.29, 0.717) is 5.92 Å². The first-order chi connectivity index (χ1) is 14.6. The molecule has 2 aliphatic heterocycles. The first kappa shape index (κ1) is 26.3. The van der Waals surface area contributed by atoms with E-state index in [4.69, 9.17) is 14.5 Å². The molecule has 0 aliphatic carbocycles. The minimum atomic E-state index is -0.220. The van der Waals surface area contributed by atoms with E-state index < -0.39 is 0 Å². The fourth-order valence-corrected chi connectivity index (χ4v) is 4.24. The van der Waals surface area contributed by atoms with Crippen molar-refractivity contribution in [2.75, 3.05) is 59.5 Å². The van der Waals surface area contributed by atoms with Crippen LogP contribution in [-0.4, -0.2) is 81.4 Å². The van der Waals surface area contributed by atoms with Crippen LogP contribution in [0.25, 0.3) is 0 Å². The minimum absolute atomic E-state index is 0. The van der Waals surface area contributed by atoms with Gasteiger partial charge < -0.3 is 24.6 Å². The van der Waals surface area contributed by atoms with E-state index in [0.717, 1.165) is 63.9 Å². The largest absolute Gasteiger partial charge is 0.383 e. The van der Waals surface area contributed by atoms with Gasteiger partial charge in [0.2, 0.25) is 0 Å². The number of likely N-dealkylation sites (tertiary alicyclic amines) is 1. The Labute approximate surface area is 203 Å². The van der Waals surface area contributed by atoms with Gasteiger partial charge in [0.25, 0.3) is 0 Å². The van der Waals surface area contributed by atoms with Crippen molar-refractivity contribution in [3.63, 3.8) is 0 Å². The highest BCUT2D eigenvalue weighted by molar-refractivity contribution is 14.0. The van der Waals surface area contributed by atoms with Crippen LogP contribution in [-0.2, 0) is 9.47 Å². The van der Waals surface area contributed by atoms with Crippen molar-refractivity contribution in [3.05, 3.63) is 35.6 Å². The lowest BCUT2D eigenvalue weighted by atomic mass is 9.97. The summed E-state index contributed by atoms with van der Waals surface area (Å²) in [7, 11) is 1.76. The van der Waals surface area contributed by atoms with Crippen molar-refractivity contribution in [1.82, 2.24) is 15.1 Å². The Hall–Kier alpha value is -0.970. The Morgan fingerprint density at radius 3 is 2.58 bits per heavy atom. The molecule has 1 aromatic carbocycles. The number of hydrogen-bond acceptors (Lipinski definition) is 4. The number of rotatable bonds is 7. The van der Waals surface area contributed by atoms with Crippen molar-refractivity contribution >= 4 is 29.9 Å². The van der Waals surface area contributed by atoms with E-state index >= 15 is 0 Å². The monoisotopic (exact) mass is 548 g/mol. The summed E-state index contributed by atoms with van der Waals surface area (Å²) in [6, 6.07) is 6.64. The second-order valence-corrected chi connectivity index (χ2v) is 8.36. The lowest BCUT2D eigenvalue weighted by Gasteiger charge is -2.39. The topological polar surface area (TPSA) is 49.3 Å². The molecule has 176 valence electrons. The van der Waals surface area contributed by atoms with Gasteiger partial charge in [-0.3, -0.25) is 4.99 Å². The molecule has 0 radical (unpaired) electrons. The van der Waals surface area contributed by atoms with Crippen LogP contribution < -0.4 is 5.32 Å². The van der Waals surface area contributed by atoms with E-state index in [-0.39, 0.29) is 42.0 Å². The molecule has 2 atom stereocenters. The number of guanidine groups is 1. The number of nitrogens with one attached hydrogen (secondary N) is 1. The zero-order valence-electron chi connectivity index (χ0n) is 19.1. The Balaban J connectivity index is 0.00000341. The average molecular weight is 548 g/mol. The van der Waals surface area contributed by atoms with Crippen LogP contribution >= 0.6 is 24.0 Å². The minimum Gasteiger partial charge on any atom is -0.383 e. The van der Waals surface area contributed by atoms with Gasteiger partial charge in [0, 0.05) is 33.3 Å². The van der Waals surface area contributed by atoms with Crippen LogP contribution in [0.15, 0.2) is 29.3 Å². The first-order valence-electron chi connectivity index (χ1n) is 11.2. The van der Waals surface area contributed by atoms with Crippen molar-refractivity contribution in [2.45, 2.75) is 38.9 Å². The third kappa shape index (κ3) is 8.14. The van der Waals surface area contributed by atoms with Gasteiger partial charge in [0.05, 0.1) is 19.3 Å². The van der Waals surface area contributed by atoms with Gasteiger partial charge in [-0.05, 0) is 63.4 Å². The lowest BCUT2D eigenvalue weighted by Crippen LogP contribution is -2.51. The molecule has 0 amide bonds. The highest BCUT2D eigenvalue weighted by Gasteiger charge is 2.28. The molecular formula is C23H38FIN4O2. The Kier molecular flexibility index (Phi) is 11.5. The van der Waals surface area contributed by atoms with Crippen LogP contribution in [0.2, 0.25) is 0 Å². The normalized spacial score (nSPS) is 23.5. The van der Waals surface area contributed by atoms with Gasteiger partial charge >= 0.3 is 0 Å². The van der Waals surface area contributed by atoms with Crippen LogP contribution in [0, 0.1) is 11.7 Å². The number of hydrogen-bond donors (Lipinski definition) is 1. The summed E-state index contributed by atoms with van der Waals surface area (Å²) in [5, 5.41) is 3.46. The van der Waals surface area contributed by atoms with Gasteiger partial charge in [0.1, 0.15) is 11.9 Å². The number of morpholine rings is 1. The first-order valence-corrected chi connectivity index (χ1v) is 11.2. The van der Waals surface area contributed by atoms with E-state index in [9.17, 15) is 4.39 Å². The van der Waals surface area contributed by atoms with Crippen LogP contribution in [0.5, 0.6) is 0 Å². The molecule has 2 aliphatic rings. The molecule has 8 heteroatoms. The molecule has 6 nitrogen and oxygen atoms in total. The third-order valence-corrected chi connectivity index (χ3v) is 5.95. The van der Waals surface area contributed by atoms with E-state index in [1.807, 2.05) is 12.1 Å². The van der Waals surface area contributed by atoms with E-state index in [1.54, 1.807) is 7.11 Å². The van der Waals surface area contributed by atoms with Gasteiger partial charge in [-0.15, -0.1) is 24.0 Å². The van der Waals surface area contributed by atoms with E-state index in [2.05, 4.69) is 29.0 Å². The summed E-state index contributed by atoms with van der Waals surface area (Å²) in [6.45, 7) is 11.5. The maximum atomic E-state index is 13.3. The molecule has 0 saturated carbocycles. The summed E-state index contributed by atoms with van der Waals surface area (Å²) >= 11 is 0. The van der Waals surface area contributed by atoms with Crippen LogP contribution in [0.3, 0.4) is 0 Å². The molecule has 0 bridgehead atoms. The molecule has 1 N–H and O–H groups in total. The molecule has 31 heavy (non-hydrogen) atoms. The summed E-state index contributed by atoms with van der Waals surface area (Å²) in [5.41, 5.74) is 1.01. The fourth-order valence-electron chi connectivity index (χ4n) is 4.24. The highest BCUT2D eigenvalue weighted by Crippen LogP contribution is 2.26. The quantitative estimate of drug-likeness (QED) is 0.321. The summed E-state index contributed by atoms with van der Waals surface area (Å²) in [5.74, 6) is 1.37. The predicted molar refractivity (Wildman–Crippen MR) is 134 cm³/mol. The third-order valence-electron chi connectivity index (χ3n) is 5.95. The second-order valence-electron chi connectivity index (χ2n) is 8.36. The number of benzene rings is 1. The number of nitrogens with zero attached hydrogens (tertiary/aromatic N) is 3. The molecule has 2 fully saturated rings. The number of halogens is 2. The molecule has 1 aromatic rings. The molecular weight excluding hydrogens is 510 g/mol. The maximum absolute atomic E-state index is 13.3. The zero-order chi connectivity index (χ0) is 21.3. The fraction of sp³-hybridized carbons (Fsp3) is 0.696. The smallest absolute Gasteiger partial charge is 0.194 e. The molecule has 0 aromatic heterocycles. The maximum Gasteiger partial charge on any atom is 0.194 e. The Morgan fingerprint density at radius 1 is 1.23 bits per heavy atom. The van der Waals surface area contributed by atoms with Gasteiger partial charge in [0.15, 0.2) is 5.96 Å². The molecule has 2 saturated heterocycles. The van der Waals surface area contributed by atoms with Crippen molar-refractivity contribution < 1.29 is 13.9 Å². The average Bonchev–Trinajstić information content (AvgIpc) is 2.76. The standard InChI is InChI=1S/C23H37FN4O2.HI/c1-4-25-23(26-15-19-9-11-27(12-10-19)13-14-29-3)28-16-18(2)30-22(17-28)20-5-7-21(24)8-6-20;/h5-8,18-19,22H,4,9-17H2,1-3H3,(H,25,26);1H. The van der Waals surface area contributed by atoms with Gasteiger partial charge in [-0.1, -0.05) is 12.1 Å². The van der Waals surface area contributed by atoms with Crippen molar-refractivity contribution in [1.29, 1.82) is 0 Å². The van der Waals surface area contributed by atoms with Crippen molar-refractivity contribution in [3.8, 4) is 0 Å². The molecule has 2 heterocycles. The van der Waals surface area contributed by atoms with Gasteiger partial charge in [-0.25, -0.2) is 4.39 Å². The number of ether oxygens (including phenoxy) is 2. The Bertz CT molecular complexity index is 668.